The maximum absolute atomic E-state index is 12.3. The van der Waals surface area contributed by atoms with E-state index in [0.717, 1.165) is 40.8 Å². The smallest absolute Gasteiger partial charge is 0.407 e. The van der Waals surface area contributed by atoms with Crippen LogP contribution in [0.5, 0.6) is 5.75 Å². The number of methoxy groups -OCH3 is 1. The summed E-state index contributed by atoms with van der Waals surface area (Å²) in [6.07, 6.45) is 1.89. The molecule has 9 heteroatoms. The van der Waals surface area contributed by atoms with Gasteiger partial charge in [0.05, 0.1) is 37.1 Å². The molecule has 1 aliphatic rings. The van der Waals surface area contributed by atoms with Crippen molar-refractivity contribution in [1.82, 2.24) is 20.3 Å². The minimum absolute atomic E-state index is 0.157. The molecule has 1 aliphatic carbocycles. The zero-order valence-electron chi connectivity index (χ0n) is 23.6. The van der Waals surface area contributed by atoms with Crippen LogP contribution in [0, 0.1) is 0 Å². The fourth-order valence-electron chi connectivity index (χ4n) is 4.19. The van der Waals surface area contributed by atoms with E-state index >= 15 is 0 Å². The van der Waals surface area contributed by atoms with Gasteiger partial charge in [0.15, 0.2) is 0 Å². The van der Waals surface area contributed by atoms with Crippen LogP contribution < -0.4 is 15.4 Å². The van der Waals surface area contributed by atoms with E-state index in [4.69, 9.17) is 18.3 Å². The molecule has 9 nitrogen and oxygen atoms in total. The highest BCUT2D eigenvalue weighted by Crippen LogP contribution is 2.27. The number of alkyl carbamates (subject to hydrolysis) is 1. The molecule has 1 heterocycles. The highest BCUT2D eigenvalue weighted by Gasteiger charge is 2.31. The standard InChI is InChI=1S/C26H35N5O4/c1-26(2,3)35-25(32)28-20-7-6-8-23(20)34-16-18-13-21(24-22(14-18)31(4)30-29-24)27-15-17-9-11-19(33-5)12-10-17/h9-14,20,23,27H,6-8,15-16H2,1-5H3,(H,28,32)/t20-,23-/m1/s1/i4D3. The Hall–Kier alpha value is -3.33. The summed E-state index contributed by atoms with van der Waals surface area (Å²) in [5, 5.41) is 14.3. The van der Waals surface area contributed by atoms with E-state index in [1.54, 1.807) is 13.2 Å². The third-order valence-electron chi connectivity index (χ3n) is 5.87. The number of carbonyl (C=O) groups is 1. The number of aryl methyl sites for hydroxylation is 1. The lowest BCUT2D eigenvalue weighted by Crippen LogP contribution is -2.43. The number of carbonyl (C=O) groups excluding carboxylic acids is 1. The fourth-order valence-corrected chi connectivity index (χ4v) is 4.19. The molecule has 0 unspecified atom stereocenters. The highest BCUT2D eigenvalue weighted by atomic mass is 16.6. The lowest BCUT2D eigenvalue weighted by Gasteiger charge is -2.25. The molecule has 2 atom stereocenters. The number of fused-ring (bicyclic) bond motifs is 1. The number of rotatable bonds is 8. The Morgan fingerprint density at radius 3 is 2.71 bits per heavy atom. The van der Waals surface area contributed by atoms with Crippen LogP contribution in [-0.4, -0.2) is 45.9 Å². The van der Waals surface area contributed by atoms with Crippen LogP contribution in [0.4, 0.5) is 10.5 Å². The monoisotopic (exact) mass is 484 g/mol. The minimum Gasteiger partial charge on any atom is -0.497 e. The third kappa shape index (κ3) is 6.42. The first-order valence-electron chi connectivity index (χ1n) is 13.3. The Bertz CT molecular complexity index is 1250. The van der Waals surface area contributed by atoms with Gasteiger partial charge in [-0.3, -0.25) is 0 Å². The predicted octanol–water partition coefficient (Wildman–Crippen LogP) is 4.55. The molecular weight excluding hydrogens is 446 g/mol. The summed E-state index contributed by atoms with van der Waals surface area (Å²) < 4.78 is 41.4. The Labute approximate surface area is 210 Å². The molecule has 0 spiro atoms. The lowest BCUT2D eigenvalue weighted by atomic mass is 10.1. The van der Waals surface area contributed by atoms with Crippen molar-refractivity contribution in [3.8, 4) is 5.75 Å². The second-order valence-electron chi connectivity index (χ2n) is 9.75. The molecule has 0 saturated heterocycles. The lowest BCUT2D eigenvalue weighted by molar-refractivity contribution is 0.0166. The average Bonchev–Trinajstić information content (AvgIpc) is 3.47. The molecule has 3 aromatic rings. The van der Waals surface area contributed by atoms with Crippen molar-refractivity contribution in [2.75, 3.05) is 12.4 Å². The Balaban J connectivity index is 1.51. The van der Waals surface area contributed by atoms with Gasteiger partial charge in [-0.15, -0.1) is 5.10 Å². The first kappa shape index (κ1) is 21.0. The topological polar surface area (TPSA) is 99.5 Å². The van der Waals surface area contributed by atoms with E-state index in [-0.39, 0.29) is 18.8 Å². The number of hydrogen-bond acceptors (Lipinski definition) is 7. The van der Waals surface area contributed by atoms with Gasteiger partial charge in [0.25, 0.3) is 0 Å². The SMILES string of the molecule is [2H]C([2H])([2H])n1nnc2c(NCc3ccc(OC)cc3)cc(CO[C@@H]3CCC[C@H]3NC(=O)OC(C)(C)C)cc21. The zero-order valence-corrected chi connectivity index (χ0v) is 20.6. The van der Waals surface area contributed by atoms with Crippen LogP contribution in [-0.2, 0) is 29.6 Å². The van der Waals surface area contributed by atoms with Crippen molar-refractivity contribution >= 4 is 22.8 Å². The summed E-state index contributed by atoms with van der Waals surface area (Å²) in [6, 6.07) is 11.1. The Kier molecular flexibility index (Phi) is 6.31. The molecule has 35 heavy (non-hydrogen) atoms. The van der Waals surface area contributed by atoms with E-state index in [2.05, 4.69) is 20.9 Å². The number of amides is 1. The van der Waals surface area contributed by atoms with E-state index < -0.39 is 18.7 Å². The van der Waals surface area contributed by atoms with Gasteiger partial charge in [0.1, 0.15) is 16.9 Å². The zero-order chi connectivity index (χ0) is 27.5. The van der Waals surface area contributed by atoms with E-state index in [0.29, 0.717) is 23.3 Å². The normalized spacial score (nSPS) is 19.6. The van der Waals surface area contributed by atoms with Crippen LogP contribution in [0.3, 0.4) is 0 Å². The van der Waals surface area contributed by atoms with Crippen LogP contribution in [0.25, 0.3) is 11.0 Å². The van der Waals surface area contributed by atoms with Gasteiger partial charge in [-0.1, -0.05) is 17.3 Å². The van der Waals surface area contributed by atoms with Crippen LogP contribution in [0.2, 0.25) is 0 Å². The third-order valence-corrected chi connectivity index (χ3v) is 5.87. The van der Waals surface area contributed by atoms with Crippen molar-refractivity contribution in [1.29, 1.82) is 0 Å². The van der Waals surface area contributed by atoms with Gasteiger partial charge in [-0.2, -0.15) is 0 Å². The Morgan fingerprint density at radius 2 is 2.00 bits per heavy atom. The summed E-state index contributed by atoms with van der Waals surface area (Å²) in [7, 11) is 1.62. The average molecular weight is 485 g/mol. The summed E-state index contributed by atoms with van der Waals surface area (Å²) in [5.74, 6) is 0.766. The number of benzene rings is 2. The van der Waals surface area contributed by atoms with Gasteiger partial charge >= 0.3 is 6.09 Å². The predicted molar refractivity (Wildman–Crippen MR) is 134 cm³/mol. The van der Waals surface area contributed by atoms with Crippen molar-refractivity contribution in [2.45, 2.75) is 70.9 Å². The summed E-state index contributed by atoms with van der Waals surface area (Å²) in [4.78, 5) is 12.3. The maximum atomic E-state index is 12.3. The Morgan fingerprint density at radius 1 is 1.20 bits per heavy atom. The summed E-state index contributed by atoms with van der Waals surface area (Å²) in [6.45, 7) is 3.72. The second-order valence-corrected chi connectivity index (χ2v) is 9.75. The van der Waals surface area contributed by atoms with Crippen molar-refractivity contribution in [2.24, 2.45) is 6.98 Å². The van der Waals surface area contributed by atoms with E-state index in [1.807, 2.05) is 51.1 Å². The number of nitrogens with one attached hydrogen (secondary N) is 2. The van der Waals surface area contributed by atoms with Crippen LogP contribution in [0.15, 0.2) is 36.4 Å². The molecule has 1 amide bonds. The van der Waals surface area contributed by atoms with Crippen molar-refractivity contribution in [3.05, 3.63) is 47.5 Å². The summed E-state index contributed by atoms with van der Waals surface area (Å²) in [5.41, 5.74) is 2.71. The number of anilines is 1. The van der Waals surface area contributed by atoms with Crippen LogP contribution in [0.1, 0.15) is 55.3 Å². The number of aromatic nitrogens is 3. The molecule has 0 bridgehead atoms. The molecule has 2 N–H and O–H groups in total. The molecule has 4 rings (SSSR count). The molecule has 1 fully saturated rings. The van der Waals surface area contributed by atoms with Crippen LogP contribution >= 0.6 is 0 Å². The second kappa shape index (κ2) is 10.5. The summed E-state index contributed by atoms with van der Waals surface area (Å²) >= 11 is 0. The molecule has 1 saturated carbocycles. The first-order valence-corrected chi connectivity index (χ1v) is 11.8. The largest absolute Gasteiger partial charge is 0.497 e. The molecule has 188 valence electrons. The van der Waals surface area contributed by atoms with Gasteiger partial charge in [0.2, 0.25) is 0 Å². The molecule has 2 aromatic carbocycles. The van der Waals surface area contributed by atoms with E-state index in [1.165, 1.54) is 0 Å². The number of nitrogens with zero attached hydrogens (tertiary/aromatic N) is 3. The molecule has 0 radical (unpaired) electrons. The number of hydrogen-bond donors (Lipinski definition) is 2. The fraction of sp³-hybridized carbons (Fsp3) is 0.500. The highest BCUT2D eigenvalue weighted by molar-refractivity contribution is 5.88. The molecular formula is C26H35N5O4. The van der Waals surface area contributed by atoms with Crippen molar-refractivity contribution < 1.29 is 23.1 Å². The van der Waals surface area contributed by atoms with E-state index in [9.17, 15) is 4.79 Å². The maximum Gasteiger partial charge on any atom is 0.407 e. The molecule has 0 aliphatic heterocycles. The minimum atomic E-state index is -2.48. The van der Waals surface area contributed by atoms with Gasteiger partial charge in [-0.05, 0) is 75.4 Å². The first-order chi connectivity index (χ1) is 17.9. The quantitative estimate of drug-likeness (QED) is 0.484. The van der Waals surface area contributed by atoms with Gasteiger partial charge < -0.3 is 24.8 Å². The van der Waals surface area contributed by atoms with Gasteiger partial charge in [0, 0.05) is 17.6 Å². The molecule has 1 aromatic heterocycles. The van der Waals surface area contributed by atoms with Crippen molar-refractivity contribution in [3.63, 3.8) is 0 Å². The number of ether oxygens (including phenoxy) is 3. The van der Waals surface area contributed by atoms with Gasteiger partial charge in [-0.25, -0.2) is 9.48 Å².